The molecule has 1 heterocycles. The summed E-state index contributed by atoms with van der Waals surface area (Å²) in [6, 6.07) is -0.654. The maximum absolute atomic E-state index is 11.4. The summed E-state index contributed by atoms with van der Waals surface area (Å²) in [5.74, 6) is -0.448. The van der Waals surface area contributed by atoms with Crippen LogP contribution in [0, 0.1) is 5.92 Å². The van der Waals surface area contributed by atoms with E-state index in [-0.39, 0.29) is 13.0 Å². The summed E-state index contributed by atoms with van der Waals surface area (Å²) in [6.45, 7) is 5.30. The van der Waals surface area contributed by atoms with Gasteiger partial charge in [-0.2, -0.15) is 0 Å². The monoisotopic (exact) mass is 242 g/mol. The first-order valence-electron chi connectivity index (χ1n) is 5.72. The zero-order chi connectivity index (χ0) is 12.8. The van der Waals surface area contributed by atoms with Crippen molar-refractivity contribution in [1.29, 1.82) is 0 Å². The van der Waals surface area contributed by atoms with Gasteiger partial charge in [0.2, 0.25) is 11.8 Å². The molecule has 0 unspecified atom stereocenters. The standard InChI is InChI=1S/C11H18N2O4/c1-8(2)3-5-17-6-4-13-10(15)7-9(14)12-11(13)16/h8H,3-7H2,1-2H3,(H,12,14,16). The molecule has 1 saturated heterocycles. The Kier molecular flexibility index (Phi) is 5.09. The van der Waals surface area contributed by atoms with Crippen LogP contribution in [0.3, 0.4) is 0 Å². The molecule has 0 aliphatic carbocycles. The van der Waals surface area contributed by atoms with Gasteiger partial charge in [0.25, 0.3) is 0 Å². The van der Waals surface area contributed by atoms with Gasteiger partial charge in [-0.15, -0.1) is 0 Å². The van der Waals surface area contributed by atoms with Gasteiger partial charge in [-0.25, -0.2) is 4.79 Å². The molecule has 0 saturated carbocycles. The number of imide groups is 2. The maximum atomic E-state index is 11.4. The Labute approximate surface area is 100 Å². The predicted molar refractivity (Wildman–Crippen MR) is 60.1 cm³/mol. The van der Waals surface area contributed by atoms with Gasteiger partial charge in [0, 0.05) is 6.61 Å². The van der Waals surface area contributed by atoms with Crippen LogP contribution in [-0.4, -0.2) is 42.5 Å². The topological polar surface area (TPSA) is 75.7 Å². The minimum Gasteiger partial charge on any atom is -0.380 e. The van der Waals surface area contributed by atoms with Crippen molar-refractivity contribution in [2.45, 2.75) is 26.7 Å². The van der Waals surface area contributed by atoms with Crippen LogP contribution in [-0.2, 0) is 14.3 Å². The molecule has 1 aliphatic rings. The molecule has 0 bridgehead atoms. The number of urea groups is 1. The summed E-state index contributed by atoms with van der Waals surface area (Å²) >= 11 is 0. The first-order chi connectivity index (χ1) is 8.00. The summed E-state index contributed by atoms with van der Waals surface area (Å²) < 4.78 is 5.31. The fourth-order valence-electron chi connectivity index (χ4n) is 1.38. The van der Waals surface area contributed by atoms with E-state index >= 15 is 0 Å². The van der Waals surface area contributed by atoms with E-state index in [9.17, 15) is 14.4 Å². The molecule has 1 fully saturated rings. The zero-order valence-corrected chi connectivity index (χ0v) is 10.2. The number of nitrogens with zero attached hydrogens (tertiary/aromatic N) is 1. The number of hydrogen-bond donors (Lipinski definition) is 1. The molecule has 6 heteroatoms. The van der Waals surface area contributed by atoms with E-state index in [1.165, 1.54) is 0 Å². The zero-order valence-electron chi connectivity index (χ0n) is 10.2. The van der Waals surface area contributed by atoms with Crippen LogP contribution in [0.1, 0.15) is 26.7 Å². The van der Waals surface area contributed by atoms with Crippen LogP contribution < -0.4 is 5.32 Å². The van der Waals surface area contributed by atoms with Crippen LogP contribution in [0.15, 0.2) is 0 Å². The summed E-state index contributed by atoms with van der Waals surface area (Å²) in [5, 5.41) is 2.09. The summed E-state index contributed by atoms with van der Waals surface area (Å²) in [6.07, 6.45) is 0.677. The van der Waals surface area contributed by atoms with E-state index in [0.29, 0.717) is 19.1 Å². The van der Waals surface area contributed by atoms with Crippen molar-refractivity contribution in [2.75, 3.05) is 19.8 Å². The molecule has 6 nitrogen and oxygen atoms in total. The highest BCUT2D eigenvalue weighted by Gasteiger charge is 2.30. The first-order valence-corrected chi connectivity index (χ1v) is 5.72. The van der Waals surface area contributed by atoms with Gasteiger partial charge in [-0.05, 0) is 12.3 Å². The van der Waals surface area contributed by atoms with Crippen LogP contribution in [0.25, 0.3) is 0 Å². The number of hydrogen-bond acceptors (Lipinski definition) is 4. The highest BCUT2D eigenvalue weighted by molar-refractivity contribution is 6.14. The van der Waals surface area contributed by atoms with Gasteiger partial charge in [-0.1, -0.05) is 13.8 Å². The minimum atomic E-state index is -0.654. The second kappa shape index (κ2) is 6.34. The van der Waals surface area contributed by atoms with Crippen molar-refractivity contribution in [1.82, 2.24) is 10.2 Å². The van der Waals surface area contributed by atoms with E-state index in [1.807, 2.05) is 0 Å². The Balaban J connectivity index is 2.24. The van der Waals surface area contributed by atoms with E-state index in [4.69, 9.17) is 4.74 Å². The molecule has 17 heavy (non-hydrogen) atoms. The number of amides is 4. The molecule has 1 aliphatic heterocycles. The average Bonchev–Trinajstić information content (AvgIpc) is 2.20. The minimum absolute atomic E-state index is 0.191. The fraction of sp³-hybridized carbons (Fsp3) is 0.727. The number of rotatable bonds is 6. The van der Waals surface area contributed by atoms with Crippen molar-refractivity contribution in [3.8, 4) is 0 Å². The molecule has 0 aromatic carbocycles. The molecule has 0 aromatic heterocycles. The molecule has 0 radical (unpaired) electrons. The number of nitrogens with one attached hydrogen (secondary N) is 1. The molecule has 0 aromatic rings. The van der Waals surface area contributed by atoms with Crippen molar-refractivity contribution in [2.24, 2.45) is 5.92 Å². The van der Waals surface area contributed by atoms with E-state index in [0.717, 1.165) is 11.3 Å². The van der Waals surface area contributed by atoms with Gasteiger partial charge in [-0.3, -0.25) is 19.8 Å². The van der Waals surface area contributed by atoms with Gasteiger partial charge in [0.1, 0.15) is 6.42 Å². The lowest BCUT2D eigenvalue weighted by atomic mass is 10.1. The number of carbonyl (C=O) groups excluding carboxylic acids is 3. The lowest BCUT2D eigenvalue weighted by Gasteiger charge is -2.24. The molecular weight excluding hydrogens is 224 g/mol. The molecular formula is C11H18N2O4. The summed E-state index contributed by atoms with van der Waals surface area (Å²) in [5.41, 5.74) is 0. The maximum Gasteiger partial charge on any atom is 0.330 e. The van der Waals surface area contributed by atoms with E-state index < -0.39 is 17.8 Å². The smallest absolute Gasteiger partial charge is 0.330 e. The van der Waals surface area contributed by atoms with Gasteiger partial charge >= 0.3 is 6.03 Å². The van der Waals surface area contributed by atoms with Crippen LogP contribution >= 0.6 is 0 Å². The molecule has 1 N–H and O–H groups in total. The highest BCUT2D eigenvalue weighted by atomic mass is 16.5. The van der Waals surface area contributed by atoms with Crippen LogP contribution in [0.4, 0.5) is 4.79 Å². The lowest BCUT2D eigenvalue weighted by Crippen LogP contribution is -2.53. The number of carbonyl (C=O) groups is 3. The number of ether oxygens (including phenoxy) is 1. The van der Waals surface area contributed by atoms with Crippen molar-refractivity contribution < 1.29 is 19.1 Å². The highest BCUT2D eigenvalue weighted by Crippen LogP contribution is 2.03. The molecule has 0 spiro atoms. The lowest BCUT2D eigenvalue weighted by molar-refractivity contribution is -0.136. The third kappa shape index (κ3) is 4.52. The van der Waals surface area contributed by atoms with Crippen LogP contribution in [0.5, 0.6) is 0 Å². The Morgan fingerprint density at radius 2 is 2.00 bits per heavy atom. The van der Waals surface area contributed by atoms with Crippen LogP contribution in [0.2, 0.25) is 0 Å². The largest absolute Gasteiger partial charge is 0.380 e. The SMILES string of the molecule is CC(C)CCOCCN1C(=O)CC(=O)NC1=O. The first kappa shape index (κ1) is 13.6. The fourth-order valence-corrected chi connectivity index (χ4v) is 1.38. The molecule has 4 amide bonds. The Morgan fingerprint density at radius 1 is 1.29 bits per heavy atom. The number of barbiturate groups is 1. The van der Waals surface area contributed by atoms with Gasteiger partial charge in [0.15, 0.2) is 0 Å². The van der Waals surface area contributed by atoms with Crippen molar-refractivity contribution in [3.05, 3.63) is 0 Å². The van der Waals surface area contributed by atoms with E-state index in [1.54, 1.807) is 0 Å². The summed E-state index contributed by atoms with van der Waals surface area (Å²) in [7, 11) is 0. The Morgan fingerprint density at radius 3 is 2.59 bits per heavy atom. The van der Waals surface area contributed by atoms with Gasteiger partial charge < -0.3 is 4.74 Å². The predicted octanol–water partition coefficient (Wildman–Crippen LogP) is 0.518. The Hall–Kier alpha value is -1.43. The third-order valence-electron chi connectivity index (χ3n) is 2.40. The van der Waals surface area contributed by atoms with Crippen molar-refractivity contribution in [3.63, 3.8) is 0 Å². The van der Waals surface area contributed by atoms with E-state index in [2.05, 4.69) is 19.2 Å². The second-order valence-electron chi connectivity index (χ2n) is 4.37. The normalized spacial score (nSPS) is 16.6. The second-order valence-corrected chi connectivity index (χ2v) is 4.37. The molecule has 1 rings (SSSR count). The summed E-state index contributed by atoms with van der Waals surface area (Å²) in [4.78, 5) is 34.6. The quantitative estimate of drug-likeness (QED) is 0.544. The van der Waals surface area contributed by atoms with Crippen molar-refractivity contribution >= 4 is 17.8 Å². The third-order valence-corrected chi connectivity index (χ3v) is 2.40. The van der Waals surface area contributed by atoms with Gasteiger partial charge in [0.05, 0.1) is 13.2 Å². The average molecular weight is 242 g/mol. The molecule has 0 atom stereocenters. The Bertz CT molecular complexity index is 295. The molecule has 96 valence electrons.